The van der Waals surface area contributed by atoms with E-state index in [4.69, 9.17) is 0 Å². The van der Waals surface area contributed by atoms with E-state index >= 15 is 0 Å². The molecule has 0 saturated carbocycles. The summed E-state index contributed by atoms with van der Waals surface area (Å²) in [6.07, 6.45) is 0. The molecule has 9 aromatic carbocycles. The van der Waals surface area contributed by atoms with E-state index in [-0.39, 0.29) is 5.41 Å². The fourth-order valence-corrected chi connectivity index (χ4v) is 9.97. The van der Waals surface area contributed by atoms with Gasteiger partial charge in [0.1, 0.15) is 0 Å². The molecular weight excluding hydrogens is 727 g/mol. The van der Waals surface area contributed by atoms with Crippen LogP contribution in [0.15, 0.2) is 212 Å². The third-order valence-electron chi connectivity index (χ3n) is 12.9. The van der Waals surface area contributed by atoms with Gasteiger partial charge in [0.15, 0.2) is 0 Å². The fraction of sp³-hybridized carbons (Fsp3) is 0.0526. The van der Waals surface area contributed by atoms with Crippen LogP contribution in [0, 0.1) is 0 Å². The molecule has 3 nitrogen and oxygen atoms in total. The zero-order chi connectivity index (χ0) is 40.0. The Balaban J connectivity index is 1.01. The van der Waals surface area contributed by atoms with Crippen molar-refractivity contribution in [1.82, 2.24) is 9.13 Å². The predicted octanol–water partition coefficient (Wildman–Crippen LogP) is 15.3. The summed E-state index contributed by atoms with van der Waals surface area (Å²) in [6, 6.07) is 77.9. The SMILES string of the molecule is CC1(C)c2cc(-c3ccc4c(c3)c3ccccc3n4-c3ccccc3)ccc2N(c2ccccc2)c2ccc(-c3ccc4c(c3)c3ccccc3n4-c3ccccc3)cc21. The van der Waals surface area contributed by atoms with Crippen LogP contribution in [0.2, 0.25) is 0 Å². The molecule has 0 unspecified atom stereocenters. The van der Waals surface area contributed by atoms with Gasteiger partial charge in [-0.3, -0.25) is 0 Å². The first-order valence-electron chi connectivity index (χ1n) is 20.9. The van der Waals surface area contributed by atoms with Crippen molar-refractivity contribution in [2.45, 2.75) is 19.3 Å². The molecule has 1 aliphatic rings. The second-order valence-electron chi connectivity index (χ2n) is 16.6. The zero-order valence-corrected chi connectivity index (χ0v) is 33.5. The van der Waals surface area contributed by atoms with Gasteiger partial charge in [0.25, 0.3) is 0 Å². The summed E-state index contributed by atoms with van der Waals surface area (Å²) in [5.41, 5.74) is 18.0. The Morgan fingerprint density at radius 1 is 0.300 bits per heavy atom. The molecule has 3 heteroatoms. The molecule has 0 N–H and O–H groups in total. The van der Waals surface area contributed by atoms with Crippen LogP contribution >= 0.6 is 0 Å². The van der Waals surface area contributed by atoms with Crippen LogP contribution < -0.4 is 4.90 Å². The van der Waals surface area contributed by atoms with Gasteiger partial charge in [0.05, 0.1) is 33.4 Å². The standard InChI is InChI=1S/C57H41N3/c1-57(2)49-36-40(38-26-30-53-47(34-38)45-22-12-14-24-51(45)58(53)42-16-6-3-7-17-42)28-32-55(49)60(44-20-10-5-11-21-44)56-33-29-41(37-50(56)57)39-27-31-54-48(35-39)46-23-13-15-25-52(46)59(54)43-18-8-4-9-19-43/h3-37H,1-2H3. The number of aromatic nitrogens is 2. The molecule has 0 saturated heterocycles. The predicted molar refractivity (Wildman–Crippen MR) is 253 cm³/mol. The molecule has 0 atom stereocenters. The number of nitrogens with zero attached hydrogens (tertiary/aromatic N) is 3. The maximum absolute atomic E-state index is 2.46. The number of benzene rings is 9. The van der Waals surface area contributed by atoms with Crippen molar-refractivity contribution in [3.8, 4) is 33.6 Å². The van der Waals surface area contributed by atoms with Crippen molar-refractivity contribution < 1.29 is 0 Å². The first-order chi connectivity index (χ1) is 29.5. The van der Waals surface area contributed by atoms with E-state index in [1.807, 2.05) is 0 Å². The Hall–Kier alpha value is -7.62. The summed E-state index contributed by atoms with van der Waals surface area (Å²) in [6.45, 7) is 4.79. The van der Waals surface area contributed by atoms with Gasteiger partial charge in [-0.2, -0.15) is 0 Å². The number of hydrogen-bond donors (Lipinski definition) is 0. The van der Waals surface area contributed by atoms with Gasteiger partial charge in [-0.25, -0.2) is 0 Å². The number of anilines is 3. The lowest BCUT2D eigenvalue weighted by molar-refractivity contribution is 0.632. The van der Waals surface area contributed by atoms with Gasteiger partial charge < -0.3 is 14.0 Å². The number of hydrogen-bond acceptors (Lipinski definition) is 1. The lowest BCUT2D eigenvalue weighted by Gasteiger charge is -2.42. The highest BCUT2D eigenvalue weighted by molar-refractivity contribution is 6.11. The molecule has 1 aliphatic heterocycles. The van der Waals surface area contributed by atoms with Crippen LogP contribution in [0.25, 0.3) is 77.2 Å². The van der Waals surface area contributed by atoms with Crippen LogP contribution in [-0.2, 0) is 5.41 Å². The van der Waals surface area contributed by atoms with Gasteiger partial charge in [0.2, 0.25) is 0 Å². The van der Waals surface area contributed by atoms with Crippen molar-refractivity contribution in [2.24, 2.45) is 0 Å². The molecule has 12 rings (SSSR count). The topological polar surface area (TPSA) is 13.1 Å². The molecule has 0 fully saturated rings. The van der Waals surface area contributed by atoms with Crippen LogP contribution in [0.4, 0.5) is 17.1 Å². The third kappa shape index (κ3) is 5.15. The minimum Gasteiger partial charge on any atom is -0.310 e. The average molecular weight is 768 g/mol. The number of rotatable bonds is 5. The molecule has 284 valence electrons. The fourth-order valence-electron chi connectivity index (χ4n) is 9.97. The van der Waals surface area contributed by atoms with Crippen LogP contribution in [0.1, 0.15) is 25.0 Å². The second-order valence-corrected chi connectivity index (χ2v) is 16.6. The van der Waals surface area contributed by atoms with Gasteiger partial charge >= 0.3 is 0 Å². The van der Waals surface area contributed by atoms with E-state index in [0.29, 0.717) is 0 Å². The summed E-state index contributed by atoms with van der Waals surface area (Å²) in [4.78, 5) is 2.46. The van der Waals surface area contributed by atoms with Crippen molar-refractivity contribution in [1.29, 1.82) is 0 Å². The molecule has 0 radical (unpaired) electrons. The highest BCUT2D eigenvalue weighted by Gasteiger charge is 2.37. The molecular formula is C57H41N3. The van der Waals surface area contributed by atoms with Crippen LogP contribution in [0.3, 0.4) is 0 Å². The third-order valence-corrected chi connectivity index (χ3v) is 12.9. The Bertz CT molecular complexity index is 3230. The van der Waals surface area contributed by atoms with Crippen molar-refractivity contribution in [2.75, 3.05) is 4.90 Å². The number of para-hydroxylation sites is 5. The van der Waals surface area contributed by atoms with Crippen molar-refractivity contribution in [3.63, 3.8) is 0 Å². The smallest absolute Gasteiger partial charge is 0.0541 e. The van der Waals surface area contributed by atoms with Crippen LogP contribution in [0.5, 0.6) is 0 Å². The van der Waals surface area contributed by atoms with Gasteiger partial charge in [-0.15, -0.1) is 0 Å². The molecule has 0 amide bonds. The first-order valence-corrected chi connectivity index (χ1v) is 20.9. The largest absolute Gasteiger partial charge is 0.310 e. The Kier molecular flexibility index (Phi) is 7.58. The molecule has 3 heterocycles. The minimum atomic E-state index is -0.289. The summed E-state index contributed by atoms with van der Waals surface area (Å²) in [5, 5.41) is 5.04. The Morgan fingerprint density at radius 3 is 1.10 bits per heavy atom. The minimum absolute atomic E-state index is 0.289. The number of fused-ring (bicyclic) bond motifs is 8. The van der Waals surface area contributed by atoms with E-state index in [0.717, 1.165) is 5.69 Å². The highest BCUT2D eigenvalue weighted by atomic mass is 15.2. The van der Waals surface area contributed by atoms with E-state index in [9.17, 15) is 0 Å². The van der Waals surface area contributed by atoms with Crippen molar-refractivity contribution >= 4 is 60.7 Å². The molecule has 2 aromatic heterocycles. The lowest BCUT2D eigenvalue weighted by atomic mass is 9.72. The quantitative estimate of drug-likeness (QED) is 0.170. The molecule has 0 bridgehead atoms. The zero-order valence-electron chi connectivity index (χ0n) is 33.5. The van der Waals surface area contributed by atoms with Crippen molar-refractivity contribution in [3.05, 3.63) is 223 Å². The summed E-state index contributed by atoms with van der Waals surface area (Å²) in [7, 11) is 0. The van der Waals surface area contributed by atoms with Gasteiger partial charge in [-0.05, 0) is 130 Å². The van der Waals surface area contributed by atoms with Gasteiger partial charge in [0, 0.05) is 44.0 Å². The Morgan fingerprint density at radius 2 is 0.650 bits per heavy atom. The molecule has 11 aromatic rings. The monoisotopic (exact) mass is 767 g/mol. The van der Waals surface area contributed by atoms with E-state index in [2.05, 4.69) is 240 Å². The summed E-state index contributed by atoms with van der Waals surface area (Å²) in [5.74, 6) is 0. The molecule has 0 aliphatic carbocycles. The molecule has 60 heavy (non-hydrogen) atoms. The van der Waals surface area contributed by atoms with Gasteiger partial charge in [-0.1, -0.05) is 129 Å². The highest BCUT2D eigenvalue weighted by Crippen LogP contribution is 2.53. The summed E-state index contributed by atoms with van der Waals surface area (Å²) >= 11 is 0. The normalized spacial score (nSPS) is 13.3. The average Bonchev–Trinajstić information content (AvgIpc) is 3.82. The summed E-state index contributed by atoms with van der Waals surface area (Å²) < 4.78 is 4.77. The van der Waals surface area contributed by atoms with E-state index in [1.165, 1.54) is 99.7 Å². The van der Waals surface area contributed by atoms with E-state index < -0.39 is 0 Å². The second kappa shape index (κ2) is 13.2. The first kappa shape index (κ1) is 34.4. The Labute approximate surface area is 349 Å². The molecule has 0 spiro atoms. The maximum Gasteiger partial charge on any atom is 0.0541 e. The maximum atomic E-state index is 2.46. The van der Waals surface area contributed by atoms with E-state index in [1.54, 1.807) is 0 Å². The van der Waals surface area contributed by atoms with Crippen LogP contribution in [-0.4, -0.2) is 9.13 Å². The lowest BCUT2D eigenvalue weighted by Crippen LogP contribution is -2.30.